The lowest BCUT2D eigenvalue weighted by atomic mass is 10.1. The Morgan fingerprint density at radius 1 is 1.12 bits per heavy atom. The third-order valence-electron chi connectivity index (χ3n) is 2.65. The van der Waals surface area contributed by atoms with E-state index in [1.54, 1.807) is 0 Å². The lowest BCUT2D eigenvalue weighted by molar-refractivity contribution is 0.462. The third kappa shape index (κ3) is 3.07. The molecule has 0 saturated heterocycles. The van der Waals surface area contributed by atoms with Gasteiger partial charge < -0.3 is 4.74 Å². The summed E-state index contributed by atoms with van der Waals surface area (Å²) in [5, 5.41) is 0.809. The van der Waals surface area contributed by atoms with E-state index in [1.165, 1.54) is 11.1 Å². The molecule has 2 rings (SSSR count). The number of alkyl halides is 1. The number of hydrogen-bond donors (Lipinski definition) is 0. The zero-order valence-corrected chi connectivity index (χ0v) is 11.5. The summed E-state index contributed by atoms with van der Waals surface area (Å²) in [6.07, 6.45) is 1.81. The van der Waals surface area contributed by atoms with Crippen LogP contribution in [0.5, 0.6) is 11.6 Å². The highest BCUT2D eigenvalue weighted by Gasteiger charge is 2.00. The van der Waals surface area contributed by atoms with Gasteiger partial charge in [0.1, 0.15) is 5.75 Å². The van der Waals surface area contributed by atoms with Crippen LogP contribution in [0.25, 0.3) is 0 Å². The summed E-state index contributed by atoms with van der Waals surface area (Å²) in [4.78, 5) is 4.24. The maximum atomic E-state index is 5.69. The van der Waals surface area contributed by atoms with Gasteiger partial charge in [0.25, 0.3) is 0 Å². The molecule has 0 aliphatic carbocycles. The average Bonchev–Trinajstić information content (AvgIpc) is 2.35. The van der Waals surface area contributed by atoms with Gasteiger partial charge in [0.05, 0.1) is 0 Å². The number of aromatic nitrogens is 1. The minimum Gasteiger partial charge on any atom is -0.439 e. The molecule has 0 aliphatic heterocycles. The number of benzene rings is 1. The monoisotopic (exact) mass is 291 g/mol. The van der Waals surface area contributed by atoms with Gasteiger partial charge in [-0.05, 0) is 42.7 Å². The number of pyridine rings is 1. The zero-order chi connectivity index (χ0) is 12.3. The Bertz CT molecular complexity index is 508. The number of nitrogens with zero attached hydrogens (tertiary/aromatic N) is 1. The van der Waals surface area contributed by atoms with Crippen molar-refractivity contribution in [2.24, 2.45) is 0 Å². The first-order valence-corrected chi connectivity index (χ1v) is 6.57. The predicted octanol–water partition coefficient (Wildman–Crippen LogP) is 4.39. The molecule has 0 radical (unpaired) electrons. The molecule has 0 spiro atoms. The number of hydrogen-bond acceptors (Lipinski definition) is 2. The van der Waals surface area contributed by atoms with Crippen molar-refractivity contribution < 1.29 is 4.74 Å². The molecule has 3 heteroatoms. The minimum atomic E-state index is 0.623. The lowest BCUT2D eigenvalue weighted by Gasteiger charge is -2.07. The first-order chi connectivity index (χ1) is 8.19. The Morgan fingerprint density at radius 2 is 1.94 bits per heavy atom. The van der Waals surface area contributed by atoms with Crippen molar-refractivity contribution >= 4 is 15.9 Å². The summed E-state index contributed by atoms with van der Waals surface area (Å²) in [7, 11) is 0. The molecule has 0 fully saturated rings. The fourth-order valence-corrected chi connectivity index (χ4v) is 1.78. The molecule has 88 valence electrons. The van der Waals surface area contributed by atoms with E-state index in [1.807, 2.05) is 30.5 Å². The van der Waals surface area contributed by atoms with E-state index in [0.29, 0.717) is 5.88 Å². The minimum absolute atomic E-state index is 0.623. The van der Waals surface area contributed by atoms with Gasteiger partial charge in [-0.25, -0.2) is 4.98 Å². The van der Waals surface area contributed by atoms with E-state index in [0.717, 1.165) is 16.6 Å². The van der Waals surface area contributed by atoms with Gasteiger partial charge in [0.2, 0.25) is 5.88 Å². The zero-order valence-electron chi connectivity index (χ0n) is 9.90. The molecule has 1 aromatic carbocycles. The molecular formula is C14H14BrNO. The highest BCUT2D eigenvalue weighted by molar-refractivity contribution is 9.08. The first kappa shape index (κ1) is 12.1. The highest BCUT2D eigenvalue weighted by Crippen LogP contribution is 2.22. The molecule has 1 heterocycles. The van der Waals surface area contributed by atoms with Crippen molar-refractivity contribution in [3.63, 3.8) is 0 Å². The van der Waals surface area contributed by atoms with Gasteiger partial charge in [-0.3, -0.25) is 0 Å². The van der Waals surface area contributed by atoms with Crippen molar-refractivity contribution in [3.8, 4) is 11.6 Å². The number of halogens is 1. The molecule has 2 nitrogen and oxygen atoms in total. The largest absolute Gasteiger partial charge is 0.439 e. The quantitative estimate of drug-likeness (QED) is 0.783. The van der Waals surface area contributed by atoms with Crippen LogP contribution in [0.3, 0.4) is 0 Å². The molecule has 0 atom stereocenters. The Kier molecular flexibility index (Phi) is 3.79. The molecule has 17 heavy (non-hydrogen) atoms. The predicted molar refractivity (Wildman–Crippen MR) is 72.9 cm³/mol. The van der Waals surface area contributed by atoms with Crippen molar-refractivity contribution in [1.29, 1.82) is 0 Å². The van der Waals surface area contributed by atoms with Crippen LogP contribution in [-0.2, 0) is 5.33 Å². The number of rotatable bonds is 3. The van der Waals surface area contributed by atoms with Crippen LogP contribution in [0, 0.1) is 13.8 Å². The van der Waals surface area contributed by atoms with Crippen LogP contribution in [0.4, 0.5) is 0 Å². The van der Waals surface area contributed by atoms with Crippen LogP contribution < -0.4 is 4.74 Å². The summed E-state index contributed by atoms with van der Waals surface area (Å²) >= 11 is 3.39. The van der Waals surface area contributed by atoms with Gasteiger partial charge in [0.15, 0.2) is 0 Å². The second-order valence-corrected chi connectivity index (χ2v) is 4.55. The van der Waals surface area contributed by atoms with Crippen LogP contribution in [0.15, 0.2) is 36.5 Å². The molecular weight excluding hydrogens is 278 g/mol. The molecule has 1 aromatic heterocycles. The molecule has 0 unspecified atom stereocenters. The molecule has 0 N–H and O–H groups in total. The molecule has 0 aliphatic rings. The Morgan fingerprint density at radius 3 is 2.53 bits per heavy atom. The van der Waals surface area contributed by atoms with Crippen molar-refractivity contribution in [2.75, 3.05) is 0 Å². The second kappa shape index (κ2) is 5.32. The Labute approximate surface area is 110 Å². The molecule has 0 bridgehead atoms. The number of aryl methyl sites for hydroxylation is 2. The standard InChI is InChI=1S/C14H14BrNO/c1-10-3-5-13(7-11(10)2)17-14-6-4-12(8-15)9-16-14/h3-7,9H,8H2,1-2H3. The van der Waals surface area contributed by atoms with Gasteiger partial charge in [0, 0.05) is 17.6 Å². The summed E-state index contributed by atoms with van der Waals surface area (Å²) in [6.45, 7) is 4.16. The van der Waals surface area contributed by atoms with Crippen molar-refractivity contribution in [2.45, 2.75) is 19.2 Å². The third-order valence-corrected chi connectivity index (χ3v) is 3.30. The number of ether oxygens (including phenoxy) is 1. The van der Waals surface area contributed by atoms with E-state index < -0.39 is 0 Å². The lowest BCUT2D eigenvalue weighted by Crippen LogP contribution is -1.90. The first-order valence-electron chi connectivity index (χ1n) is 5.45. The maximum absolute atomic E-state index is 5.69. The summed E-state index contributed by atoms with van der Waals surface area (Å²) < 4.78 is 5.69. The fourth-order valence-electron chi connectivity index (χ4n) is 1.45. The van der Waals surface area contributed by atoms with Gasteiger partial charge >= 0.3 is 0 Å². The SMILES string of the molecule is Cc1ccc(Oc2ccc(CBr)cn2)cc1C. The summed E-state index contributed by atoms with van der Waals surface area (Å²) in [5.41, 5.74) is 3.62. The van der Waals surface area contributed by atoms with Crippen LogP contribution in [-0.4, -0.2) is 4.98 Å². The topological polar surface area (TPSA) is 22.1 Å². The van der Waals surface area contributed by atoms with Gasteiger partial charge in [-0.1, -0.05) is 28.1 Å². The van der Waals surface area contributed by atoms with E-state index in [-0.39, 0.29) is 0 Å². The van der Waals surface area contributed by atoms with Crippen LogP contribution >= 0.6 is 15.9 Å². The average molecular weight is 292 g/mol. The Hall–Kier alpha value is -1.35. The smallest absolute Gasteiger partial charge is 0.219 e. The summed E-state index contributed by atoms with van der Waals surface area (Å²) in [6, 6.07) is 9.92. The van der Waals surface area contributed by atoms with Crippen LogP contribution in [0.1, 0.15) is 16.7 Å². The molecule has 0 saturated carbocycles. The highest BCUT2D eigenvalue weighted by atomic mass is 79.9. The fraction of sp³-hybridized carbons (Fsp3) is 0.214. The molecule has 0 amide bonds. The van der Waals surface area contributed by atoms with Gasteiger partial charge in [-0.2, -0.15) is 0 Å². The van der Waals surface area contributed by atoms with E-state index in [4.69, 9.17) is 4.74 Å². The van der Waals surface area contributed by atoms with E-state index in [2.05, 4.69) is 40.8 Å². The van der Waals surface area contributed by atoms with E-state index >= 15 is 0 Å². The van der Waals surface area contributed by atoms with Crippen LogP contribution in [0.2, 0.25) is 0 Å². The van der Waals surface area contributed by atoms with Gasteiger partial charge in [-0.15, -0.1) is 0 Å². The Balaban J connectivity index is 2.16. The van der Waals surface area contributed by atoms with Crippen molar-refractivity contribution in [1.82, 2.24) is 4.98 Å². The van der Waals surface area contributed by atoms with E-state index in [9.17, 15) is 0 Å². The normalized spacial score (nSPS) is 10.3. The molecule has 2 aromatic rings. The second-order valence-electron chi connectivity index (χ2n) is 3.99. The van der Waals surface area contributed by atoms with Crippen molar-refractivity contribution in [3.05, 3.63) is 53.2 Å². The summed E-state index contributed by atoms with van der Waals surface area (Å²) in [5.74, 6) is 1.45. The maximum Gasteiger partial charge on any atom is 0.219 e.